The molecule has 1 aliphatic carbocycles. The summed E-state index contributed by atoms with van der Waals surface area (Å²) in [5.74, 6) is 0.872. The Morgan fingerprint density at radius 1 is 1.20 bits per heavy atom. The van der Waals surface area contributed by atoms with Crippen molar-refractivity contribution in [3.63, 3.8) is 0 Å². The predicted octanol–water partition coefficient (Wildman–Crippen LogP) is 2.69. The van der Waals surface area contributed by atoms with Crippen LogP contribution in [0.25, 0.3) is 0 Å². The van der Waals surface area contributed by atoms with E-state index in [1.807, 2.05) is 0 Å². The number of nitrogens with zero attached hydrogens (tertiary/aromatic N) is 1. The first kappa shape index (κ1) is 17.9. The predicted molar refractivity (Wildman–Crippen MR) is 72.2 cm³/mol. The van der Waals surface area contributed by atoms with Gasteiger partial charge in [-0.3, -0.25) is 0 Å². The average molecular weight is 257 g/mol. The topological polar surface area (TPSA) is 29.3 Å². The zero-order valence-corrected chi connectivity index (χ0v) is 11.6. The molecule has 0 aromatic carbocycles. The molecule has 94 valence electrons. The van der Waals surface area contributed by atoms with Gasteiger partial charge < -0.3 is 10.6 Å². The van der Waals surface area contributed by atoms with E-state index < -0.39 is 0 Å². The van der Waals surface area contributed by atoms with Gasteiger partial charge in [-0.05, 0) is 51.2 Å². The first-order chi connectivity index (χ1) is 6.27. The fourth-order valence-electron chi connectivity index (χ4n) is 1.85. The highest BCUT2D eigenvalue weighted by Crippen LogP contribution is 2.33. The summed E-state index contributed by atoms with van der Waals surface area (Å²) in [6.07, 6.45) is 5.26. The van der Waals surface area contributed by atoms with E-state index in [-0.39, 0.29) is 24.8 Å². The van der Waals surface area contributed by atoms with Crippen molar-refractivity contribution >= 4 is 24.8 Å². The molecule has 0 spiro atoms. The van der Waals surface area contributed by atoms with E-state index in [1.165, 1.54) is 45.3 Å². The molecule has 1 unspecified atom stereocenters. The summed E-state index contributed by atoms with van der Waals surface area (Å²) in [6.45, 7) is 8.03. The summed E-state index contributed by atoms with van der Waals surface area (Å²) in [5, 5.41) is 0. The molecule has 2 N–H and O–H groups in total. The molecule has 0 aromatic heterocycles. The number of rotatable bonds is 7. The average Bonchev–Trinajstić information content (AvgIpc) is 2.95. The Morgan fingerprint density at radius 2 is 1.73 bits per heavy atom. The highest BCUT2D eigenvalue weighted by molar-refractivity contribution is 5.85. The Kier molecular flexibility index (Phi) is 11.6. The Balaban J connectivity index is 0. The molecular weight excluding hydrogens is 231 g/mol. The number of hydrogen-bond acceptors (Lipinski definition) is 2. The third kappa shape index (κ3) is 7.40. The standard InChI is InChI=1S/C11H24N2.2ClH/c1-3-13(4-2)9-5-6-11(12)10-7-8-10;;/h10-11H,3-9,12H2,1-2H3;2*1H. The van der Waals surface area contributed by atoms with Crippen LogP contribution in [0.2, 0.25) is 0 Å². The van der Waals surface area contributed by atoms with Crippen LogP contribution in [0, 0.1) is 5.92 Å². The van der Waals surface area contributed by atoms with Crippen molar-refractivity contribution in [2.45, 2.75) is 45.6 Å². The normalized spacial score (nSPS) is 16.8. The van der Waals surface area contributed by atoms with Crippen molar-refractivity contribution in [2.24, 2.45) is 11.7 Å². The van der Waals surface area contributed by atoms with Crippen molar-refractivity contribution in [1.29, 1.82) is 0 Å². The van der Waals surface area contributed by atoms with E-state index in [9.17, 15) is 0 Å². The van der Waals surface area contributed by atoms with Gasteiger partial charge in [0.2, 0.25) is 0 Å². The monoisotopic (exact) mass is 256 g/mol. The summed E-state index contributed by atoms with van der Waals surface area (Å²) in [6, 6.07) is 0.496. The van der Waals surface area contributed by atoms with Crippen LogP contribution in [-0.2, 0) is 0 Å². The largest absolute Gasteiger partial charge is 0.327 e. The van der Waals surface area contributed by atoms with Crippen LogP contribution in [0.5, 0.6) is 0 Å². The lowest BCUT2D eigenvalue weighted by Gasteiger charge is -2.18. The van der Waals surface area contributed by atoms with Crippen molar-refractivity contribution in [3.8, 4) is 0 Å². The van der Waals surface area contributed by atoms with E-state index in [4.69, 9.17) is 5.73 Å². The number of halogens is 2. The van der Waals surface area contributed by atoms with Gasteiger partial charge in [-0.15, -0.1) is 24.8 Å². The summed E-state index contributed by atoms with van der Waals surface area (Å²) in [5.41, 5.74) is 6.03. The fourth-order valence-corrected chi connectivity index (χ4v) is 1.85. The van der Waals surface area contributed by atoms with Crippen LogP contribution in [0.3, 0.4) is 0 Å². The molecule has 0 radical (unpaired) electrons. The van der Waals surface area contributed by atoms with Crippen molar-refractivity contribution in [2.75, 3.05) is 19.6 Å². The van der Waals surface area contributed by atoms with E-state index in [1.54, 1.807) is 0 Å². The van der Waals surface area contributed by atoms with Gasteiger partial charge >= 0.3 is 0 Å². The molecule has 0 aliphatic heterocycles. The third-order valence-corrected chi connectivity index (χ3v) is 3.13. The molecule has 1 rings (SSSR count). The minimum Gasteiger partial charge on any atom is -0.327 e. The van der Waals surface area contributed by atoms with Gasteiger partial charge in [-0.25, -0.2) is 0 Å². The van der Waals surface area contributed by atoms with Crippen molar-refractivity contribution < 1.29 is 0 Å². The van der Waals surface area contributed by atoms with E-state index in [0.29, 0.717) is 6.04 Å². The van der Waals surface area contributed by atoms with Crippen LogP contribution in [0.15, 0.2) is 0 Å². The second-order valence-electron chi connectivity index (χ2n) is 4.17. The maximum Gasteiger partial charge on any atom is 0.00676 e. The molecule has 2 nitrogen and oxygen atoms in total. The molecule has 0 saturated heterocycles. The second-order valence-corrected chi connectivity index (χ2v) is 4.17. The molecule has 1 atom stereocenters. The van der Waals surface area contributed by atoms with E-state index >= 15 is 0 Å². The summed E-state index contributed by atoms with van der Waals surface area (Å²) < 4.78 is 0. The Hall–Kier alpha value is 0.500. The summed E-state index contributed by atoms with van der Waals surface area (Å²) in [7, 11) is 0. The van der Waals surface area contributed by atoms with Gasteiger partial charge in [0.1, 0.15) is 0 Å². The van der Waals surface area contributed by atoms with Gasteiger partial charge in [0.15, 0.2) is 0 Å². The Morgan fingerprint density at radius 3 is 2.13 bits per heavy atom. The lowest BCUT2D eigenvalue weighted by molar-refractivity contribution is 0.291. The van der Waals surface area contributed by atoms with E-state index in [0.717, 1.165) is 5.92 Å². The SMILES string of the molecule is CCN(CC)CCCC(N)C1CC1.Cl.Cl. The molecule has 15 heavy (non-hydrogen) atoms. The molecule has 1 saturated carbocycles. The summed E-state index contributed by atoms with van der Waals surface area (Å²) >= 11 is 0. The molecule has 0 bridgehead atoms. The molecule has 1 fully saturated rings. The lowest BCUT2D eigenvalue weighted by atomic mass is 10.1. The van der Waals surface area contributed by atoms with Crippen LogP contribution in [0.4, 0.5) is 0 Å². The minimum atomic E-state index is 0. The van der Waals surface area contributed by atoms with Gasteiger partial charge in [0.25, 0.3) is 0 Å². The number of hydrogen-bond donors (Lipinski definition) is 1. The second kappa shape index (κ2) is 9.71. The van der Waals surface area contributed by atoms with E-state index in [2.05, 4.69) is 18.7 Å². The summed E-state index contributed by atoms with van der Waals surface area (Å²) in [4.78, 5) is 2.47. The van der Waals surface area contributed by atoms with Gasteiger partial charge in [0.05, 0.1) is 0 Å². The minimum absolute atomic E-state index is 0. The van der Waals surface area contributed by atoms with Crippen LogP contribution in [-0.4, -0.2) is 30.6 Å². The molecule has 0 aromatic rings. The Bertz CT molecular complexity index is 135. The highest BCUT2D eigenvalue weighted by Gasteiger charge is 2.27. The van der Waals surface area contributed by atoms with Crippen LogP contribution >= 0.6 is 24.8 Å². The molecule has 1 aliphatic rings. The van der Waals surface area contributed by atoms with Crippen molar-refractivity contribution in [3.05, 3.63) is 0 Å². The first-order valence-corrected chi connectivity index (χ1v) is 5.75. The van der Waals surface area contributed by atoms with Crippen LogP contribution in [0.1, 0.15) is 39.5 Å². The van der Waals surface area contributed by atoms with Gasteiger partial charge in [-0.2, -0.15) is 0 Å². The smallest absolute Gasteiger partial charge is 0.00676 e. The molecule has 0 amide bonds. The van der Waals surface area contributed by atoms with Gasteiger partial charge in [-0.1, -0.05) is 13.8 Å². The molecule has 0 heterocycles. The maximum atomic E-state index is 6.03. The zero-order valence-electron chi connectivity index (χ0n) is 9.95. The van der Waals surface area contributed by atoms with Crippen molar-refractivity contribution in [1.82, 2.24) is 4.90 Å². The lowest BCUT2D eigenvalue weighted by Crippen LogP contribution is -2.27. The Labute approximate surface area is 107 Å². The first-order valence-electron chi connectivity index (χ1n) is 5.75. The third-order valence-electron chi connectivity index (χ3n) is 3.13. The highest BCUT2D eigenvalue weighted by atomic mass is 35.5. The number of nitrogens with two attached hydrogens (primary N) is 1. The quantitative estimate of drug-likeness (QED) is 0.759. The zero-order chi connectivity index (χ0) is 9.68. The van der Waals surface area contributed by atoms with Gasteiger partial charge in [0, 0.05) is 6.04 Å². The molecule has 4 heteroatoms. The maximum absolute atomic E-state index is 6.03. The fraction of sp³-hybridized carbons (Fsp3) is 1.00. The van der Waals surface area contributed by atoms with Crippen LogP contribution < -0.4 is 5.73 Å². The molecular formula is C11H26Cl2N2.